The summed E-state index contributed by atoms with van der Waals surface area (Å²) in [6, 6.07) is 4.47. The minimum atomic E-state index is -3.27. The van der Waals surface area contributed by atoms with Crippen molar-refractivity contribution in [3.8, 4) is 5.75 Å². The number of rotatable bonds is 6. The highest BCUT2D eigenvalue weighted by atomic mass is 31.2. The maximum absolute atomic E-state index is 12.9. The summed E-state index contributed by atoms with van der Waals surface area (Å²) in [6.45, 7) is 2.97. The summed E-state index contributed by atoms with van der Waals surface area (Å²) in [5.74, 6) is -0.556. The molecule has 2 rings (SSSR count). The third-order valence-electron chi connectivity index (χ3n) is 3.71. The SMILES string of the molecule is C[C@H](NP(C)(=O)Oc1ccc(F)cc1)C(=O)OC1CCCCC1. The fraction of sp³-hybridized carbons (Fsp3) is 0.562. The van der Waals surface area contributed by atoms with Gasteiger partial charge < -0.3 is 9.26 Å². The summed E-state index contributed by atoms with van der Waals surface area (Å²) in [4.78, 5) is 12.1. The highest BCUT2D eigenvalue weighted by Gasteiger charge is 2.27. The van der Waals surface area contributed by atoms with Crippen LogP contribution in [0.25, 0.3) is 0 Å². The van der Waals surface area contributed by atoms with Crippen LogP contribution in [0.5, 0.6) is 5.75 Å². The lowest BCUT2D eigenvalue weighted by atomic mass is 9.98. The lowest BCUT2D eigenvalue weighted by molar-refractivity contribution is -0.152. The van der Waals surface area contributed by atoms with Crippen molar-refractivity contribution in [3.63, 3.8) is 0 Å². The van der Waals surface area contributed by atoms with Gasteiger partial charge in [-0.2, -0.15) is 0 Å². The van der Waals surface area contributed by atoms with E-state index in [4.69, 9.17) is 9.26 Å². The zero-order valence-electron chi connectivity index (χ0n) is 13.5. The van der Waals surface area contributed by atoms with E-state index in [2.05, 4.69) is 5.09 Å². The molecule has 0 amide bonds. The van der Waals surface area contributed by atoms with Crippen molar-refractivity contribution in [2.45, 2.75) is 51.2 Å². The molecule has 2 atom stereocenters. The Bertz CT molecular complexity index is 572. The Labute approximate surface area is 136 Å². The first kappa shape index (κ1) is 18.0. The van der Waals surface area contributed by atoms with Crippen molar-refractivity contribution in [2.24, 2.45) is 0 Å². The Kier molecular flexibility index (Phi) is 6.19. The van der Waals surface area contributed by atoms with Crippen molar-refractivity contribution in [3.05, 3.63) is 30.1 Å². The molecule has 128 valence electrons. The van der Waals surface area contributed by atoms with E-state index in [9.17, 15) is 13.8 Å². The number of nitrogens with one attached hydrogen (secondary N) is 1. The number of ether oxygens (including phenoxy) is 1. The predicted molar refractivity (Wildman–Crippen MR) is 86.1 cm³/mol. The fourth-order valence-electron chi connectivity index (χ4n) is 2.58. The van der Waals surface area contributed by atoms with Crippen molar-refractivity contribution >= 4 is 13.5 Å². The van der Waals surface area contributed by atoms with Gasteiger partial charge in [0.25, 0.3) is 0 Å². The quantitative estimate of drug-likeness (QED) is 0.627. The Morgan fingerprint density at radius 1 is 1.26 bits per heavy atom. The molecular formula is C16H23FNO4P. The van der Waals surface area contributed by atoms with Crippen LogP contribution in [0.15, 0.2) is 24.3 Å². The molecule has 1 aromatic carbocycles. The second kappa shape index (κ2) is 7.93. The highest BCUT2D eigenvalue weighted by Crippen LogP contribution is 2.39. The molecule has 0 aromatic heterocycles. The lowest BCUT2D eigenvalue weighted by Crippen LogP contribution is -2.36. The van der Waals surface area contributed by atoms with Crippen molar-refractivity contribution in [1.29, 1.82) is 0 Å². The number of esters is 1. The molecular weight excluding hydrogens is 320 g/mol. The molecule has 23 heavy (non-hydrogen) atoms. The molecule has 0 aliphatic heterocycles. The smallest absolute Gasteiger partial charge is 0.323 e. The van der Waals surface area contributed by atoms with E-state index in [-0.39, 0.29) is 11.9 Å². The summed E-state index contributed by atoms with van der Waals surface area (Å²) in [6.07, 6.45) is 5.04. The van der Waals surface area contributed by atoms with Gasteiger partial charge in [0.05, 0.1) is 0 Å². The van der Waals surface area contributed by atoms with Gasteiger partial charge >= 0.3 is 13.5 Å². The number of benzene rings is 1. The molecule has 1 fully saturated rings. The first-order valence-corrected chi connectivity index (χ1v) is 9.94. The Morgan fingerprint density at radius 3 is 2.48 bits per heavy atom. The topological polar surface area (TPSA) is 64.6 Å². The van der Waals surface area contributed by atoms with Gasteiger partial charge in [0.15, 0.2) is 0 Å². The minimum Gasteiger partial charge on any atom is -0.461 e. The minimum absolute atomic E-state index is 0.0465. The lowest BCUT2D eigenvalue weighted by Gasteiger charge is -2.25. The second-order valence-corrected chi connectivity index (χ2v) is 8.07. The summed E-state index contributed by atoms with van der Waals surface area (Å²) < 4.78 is 36.1. The van der Waals surface area contributed by atoms with Crippen LogP contribution in [0.1, 0.15) is 39.0 Å². The van der Waals surface area contributed by atoms with Crippen molar-refractivity contribution in [1.82, 2.24) is 5.09 Å². The van der Waals surface area contributed by atoms with Crippen LogP contribution in [-0.2, 0) is 14.1 Å². The van der Waals surface area contributed by atoms with Crippen LogP contribution >= 0.6 is 7.52 Å². The van der Waals surface area contributed by atoms with Crippen molar-refractivity contribution < 1.29 is 23.0 Å². The summed E-state index contributed by atoms with van der Waals surface area (Å²) >= 11 is 0. The van der Waals surface area contributed by atoms with E-state index in [0.29, 0.717) is 0 Å². The third kappa shape index (κ3) is 5.96. The van der Waals surface area contributed by atoms with Gasteiger partial charge in [-0.1, -0.05) is 6.42 Å². The van der Waals surface area contributed by atoms with Gasteiger partial charge in [-0.15, -0.1) is 0 Å². The first-order valence-electron chi connectivity index (χ1n) is 7.87. The second-order valence-electron chi connectivity index (χ2n) is 5.94. The molecule has 5 nitrogen and oxygen atoms in total. The molecule has 1 N–H and O–H groups in total. The van der Waals surface area contributed by atoms with Crippen LogP contribution in [-0.4, -0.2) is 24.8 Å². The molecule has 1 unspecified atom stereocenters. The van der Waals surface area contributed by atoms with Crippen LogP contribution < -0.4 is 9.61 Å². The predicted octanol–water partition coefficient (Wildman–Crippen LogP) is 3.88. The van der Waals surface area contributed by atoms with Crippen LogP contribution in [0.4, 0.5) is 4.39 Å². The number of hydrogen-bond acceptors (Lipinski definition) is 4. The maximum atomic E-state index is 12.9. The Hall–Kier alpha value is -1.39. The molecule has 1 aromatic rings. The highest BCUT2D eigenvalue weighted by molar-refractivity contribution is 7.56. The zero-order valence-corrected chi connectivity index (χ0v) is 14.4. The average Bonchev–Trinajstić information content (AvgIpc) is 2.50. The van der Waals surface area contributed by atoms with E-state index in [1.807, 2.05) is 0 Å². The fourth-order valence-corrected chi connectivity index (χ4v) is 3.96. The van der Waals surface area contributed by atoms with Crippen LogP contribution in [0.3, 0.4) is 0 Å². The van der Waals surface area contributed by atoms with Gasteiger partial charge in [-0.05, 0) is 56.9 Å². The molecule has 0 saturated heterocycles. The van der Waals surface area contributed by atoms with Gasteiger partial charge in [0, 0.05) is 6.66 Å². The summed E-state index contributed by atoms with van der Waals surface area (Å²) in [5, 5.41) is 2.67. The van der Waals surface area contributed by atoms with Gasteiger partial charge in [0.2, 0.25) is 0 Å². The molecule has 1 saturated carbocycles. The van der Waals surface area contributed by atoms with Crippen molar-refractivity contribution in [2.75, 3.05) is 6.66 Å². The molecule has 7 heteroatoms. The molecule has 1 aliphatic rings. The summed E-state index contributed by atoms with van der Waals surface area (Å²) in [7, 11) is -3.27. The first-order chi connectivity index (χ1) is 10.9. The molecule has 1 aliphatic carbocycles. The third-order valence-corrected chi connectivity index (χ3v) is 5.13. The largest absolute Gasteiger partial charge is 0.461 e. The number of carbonyl (C=O) groups is 1. The van der Waals surface area contributed by atoms with Gasteiger partial charge in [-0.25, -0.2) is 9.48 Å². The van der Waals surface area contributed by atoms with Crippen LogP contribution in [0.2, 0.25) is 0 Å². The van der Waals surface area contributed by atoms with E-state index in [1.54, 1.807) is 6.92 Å². The van der Waals surface area contributed by atoms with Crippen LogP contribution in [0, 0.1) is 5.82 Å². The normalized spacial score (nSPS) is 19.6. The zero-order chi connectivity index (χ0) is 16.9. The average molecular weight is 343 g/mol. The number of hydrogen-bond donors (Lipinski definition) is 1. The van der Waals surface area contributed by atoms with E-state index in [0.717, 1.165) is 25.7 Å². The Balaban J connectivity index is 1.86. The standard InChI is InChI=1S/C16H23FNO4P/c1-12(16(19)21-14-6-4-3-5-7-14)18-23(2,20)22-15-10-8-13(17)9-11-15/h8-12,14H,3-7H2,1-2H3,(H,18,20)/t12-,23?/m0/s1. The number of halogens is 1. The van der Waals surface area contributed by atoms with E-state index < -0.39 is 25.3 Å². The molecule has 0 spiro atoms. The number of carbonyl (C=O) groups excluding carboxylic acids is 1. The molecule has 0 heterocycles. The molecule has 0 bridgehead atoms. The van der Waals surface area contributed by atoms with E-state index in [1.165, 1.54) is 37.4 Å². The maximum Gasteiger partial charge on any atom is 0.323 e. The monoisotopic (exact) mass is 343 g/mol. The Morgan fingerprint density at radius 2 is 1.87 bits per heavy atom. The molecule has 0 radical (unpaired) electrons. The van der Waals surface area contributed by atoms with Gasteiger partial charge in [0.1, 0.15) is 23.7 Å². The summed E-state index contributed by atoms with van der Waals surface area (Å²) in [5.41, 5.74) is 0. The van der Waals surface area contributed by atoms with Gasteiger partial charge in [-0.3, -0.25) is 9.36 Å². The van der Waals surface area contributed by atoms with E-state index >= 15 is 0 Å².